The van der Waals surface area contributed by atoms with E-state index >= 15 is 0 Å². The van der Waals surface area contributed by atoms with Crippen molar-refractivity contribution in [1.29, 1.82) is 0 Å². The van der Waals surface area contributed by atoms with Crippen LogP contribution in [0.25, 0.3) is 0 Å². The van der Waals surface area contributed by atoms with Crippen LogP contribution < -0.4 is 5.32 Å². The zero-order valence-corrected chi connectivity index (χ0v) is 22.5. The summed E-state index contributed by atoms with van der Waals surface area (Å²) in [7, 11) is 0. The summed E-state index contributed by atoms with van der Waals surface area (Å²) in [6, 6.07) is 15.8. The summed E-state index contributed by atoms with van der Waals surface area (Å²) in [5.74, 6) is -0.0262. The number of rotatable bonds is 9. The molecule has 1 fully saturated rings. The number of benzene rings is 2. The van der Waals surface area contributed by atoms with Gasteiger partial charge in [-0.1, -0.05) is 95.0 Å². The van der Waals surface area contributed by atoms with Gasteiger partial charge in [0.15, 0.2) is 0 Å². The lowest BCUT2D eigenvalue weighted by atomic mass is 9.86. The number of carbonyl (C=O) groups is 2. The van der Waals surface area contributed by atoms with E-state index in [1.54, 1.807) is 4.90 Å². The van der Waals surface area contributed by atoms with Gasteiger partial charge in [0, 0.05) is 24.0 Å². The maximum absolute atomic E-state index is 13.5. The Bertz CT molecular complexity index is 957. The Morgan fingerprint density at radius 3 is 2.14 bits per heavy atom. The zero-order valence-electron chi connectivity index (χ0n) is 21.8. The third-order valence-corrected chi connectivity index (χ3v) is 7.30. The largest absolute Gasteiger partial charge is 0.352 e. The number of carbonyl (C=O) groups excluding carboxylic acids is 2. The van der Waals surface area contributed by atoms with E-state index in [1.807, 2.05) is 31.2 Å². The van der Waals surface area contributed by atoms with Crippen LogP contribution in [0.4, 0.5) is 0 Å². The highest BCUT2D eigenvalue weighted by atomic mass is 35.5. The molecule has 5 heteroatoms. The summed E-state index contributed by atoms with van der Waals surface area (Å²) in [4.78, 5) is 28.6. The van der Waals surface area contributed by atoms with Crippen LogP contribution in [0.3, 0.4) is 0 Å². The van der Waals surface area contributed by atoms with Crippen LogP contribution in [-0.2, 0) is 28.0 Å². The Balaban J connectivity index is 1.73. The molecule has 190 valence electrons. The van der Waals surface area contributed by atoms with Gasteiger partial charge in [-0.2, -0.15) is 0 Å². The second-order valence-electron chi connectivity index (χ2n) is 10.9. The van der Waals surface area contributed by atoms with Gasteiger partial charge in [0.25, 0.3) is 0 Å². The van der Waals surface area contributed by atoms with Gasteiger partial charge in [-0.25, -0.2) is 0 Å². The molecule has 2 aromatic rings. The van der Waals surface area contributed by atoms with Gasteiger partial charge in [-0.05, 0) is 59.9 Å². The predicted octanol–water partition coefficient (Wildman–Crippen LogP) is 6.83. The zero-order chi connectivity index (χ0) is 25.4. The molecule has 1 atom stereocenters. The van der Waals surface area contributed by atoms with Crippen LogP contribution in [0.2, 0.25) is 5.02 Å². The lowest BCUT2D eigenvalue weighted by Crippen LogP contribution is -2.51. The molecule has 1 aliphatic rings. The summed E-state index contributed by atoms with van der Waals surface area (Å²) in [6.07, 6.45) is 7.21. The molecule has 2 aromatic carbocycles. The Morgan fingerprint density at radius 2 is 1.57 bits per heavy atom. The van der Waals surface area contributed by atoms with Gasteiger partial charge in [0.2, 0.25) is 11.8 Å². The molecule has 1 saturated carbocycles. The summed E-state index contributed by atoms with van der Waals surface area (Å²) in [5, 5.41) is 3.90. The number of nitrogens with one attached hydrogen (secondary N) is 1. The Kier molecular flexibility index (Phi) is 9.80. The molecule has 1 N–H and O–H groups in total. The number of hydrogen-bond acceptors (Lipinski definition) is 2. The summed E-state index contributed by atoms with van der Waals surface area (Å²) >= 11 is 6.07. The molecule has 35 heavy (non-hydrogen) atoms. The Hall–Kier alpha value is -2.33. The highest BCUT2D eigenvalue weighted by Crippen LogP contribution is 2.23. The van der Waals surface area contributed by atoms with Crippen molar-refractivity contribution in [3.8, 4) is 0 Å². The average molecular weight is 497 g/mol. The maximum Gasteiger partial charge on any atom is 0.243 e. The lowest BCUT2D eigenvalue weighted by molar-refractivity contribution is -0.141. The van der Waals surface area contributed by atoms with Crippen molar-refractivity contribution < 1.29 is 9.59 Å². The van der Waals surface area contributed by atoms with Crippen LogP contribution in [0.1, 0.15) is 89.3 Å². The molecule has 0 aromatic heterocycles. The first-order valence-corrected chi connectivity index (χ1v) is 13.5. The van der Waals surface area contributed by atoms with Gasteiger partial charge in [-0.3, -0.25) is 9.59 Å². The number of aryl methyl sites for hydroxylation is 1. The minimum Gasteiger partial charge on any atom is -0.352 e. The second kappa shape index (κ2) is 12.6. The van der Waals surface area contributed by atoms with E-state index < -0.39 is 6.04 Å². The molecule has 1 aliphatic carbocycles. The van der Waals surface area contributed by atoms with Crippen molar-refractivity contribution in [3.05, 3.63) is 70.2 Å². The topological polar surface area (TPSA) is 49.4 Å². The fourth-order valence-electron chi connectivity index (χ4n) is 4.82. The molecule has 0 radical (unpaired) electrons. The van der Waals surface area contributed by atoms with Crippen LogP contribution in [0, 0.1) is 0 Å². The maximum atomic E-state index is 13.5. The van der Waals surface area contributed by atoms with Crippen molar-refractivity contribution in [2.24, 2.45) is 0 Å². The average Bonchev–Trinajstić information content (AvgIpc) is 2.84. The third kappa shape index (κ3) is 8.10. The lowest BCUT2D eigenvalue weighted by Gasteiger charge is -2.33. The normalized spacial score (nSPS) is 15.5. The van der Waals surface area contributed by atoms with Crippen molar-refractivity contribution in [2.45, 2.75) is 103 Å². The standard InChI is InChI=1S/C30H41ClN2O2/c1-5-27(29(35)32-26-9-7-6-8-10-26)33(21-23-13-18-25(31)19-14-23)28(34)20-15-22-11-16-24(17-12-22)30(2,3)4/h11-14,16-19,26-27H,5-10,15,20-21H2,1-4H3,(H,32,35). The molecule has 3 rings (SSSR count). The molecule has 0 heterocycles. The molecule has 0 bridgehead atoms. The van der Waals surface area contributed by atoms with Gasteiger partial charge < -0.3 is 10.2 Å². The molecule has 2 amide bonds. The first kappa shape index (κ1) is 27.3. The van der Waals surface area contributed by atoms with Gasteiger partial charge in [0.05, 0.1) is 0 Å². The number of nitrogens with zero attached hydrogens (tertiary/aromatic N) is 1. The van der Waals surface area contributed by atoms with Crippen molar-refractivity contribution >= 4 is 23.4 Å². The monoisotopic (exact) mass is 496 g/mol. The first-order chi connectivity index (χ1) is 16.7. The fraction of sp³-hybridized carbons (Fsp3) is 0.533. The minimum absolute atomic E-state index is 0.00509. The van der Waals surface area contributed by atoms with Crippen molar-refractivity contribution in [1.82, 2.24) is 10.2 Å². The fourth-order valence-corrected chi connectivity index (χ4v) is 4.94. The van der Waals surface area contributed by atoms with Crippen LogP contribution in [0.5, 0.6) is 0 Å². The van der Waals surface area contributed by atoms with E-state index in [2.05, 4.69) is 50.4 Å². The molecule has 1 unspecified atom stereocenters. The Labute approximate surface area is 216 Å². The Morgan fingerprint density at radius 1 is 0.971 bits per heavy atom. The third-order valence-electron chi connectivity index (χ3n) is 7.05. The number of halogens is 1. The number of amides is 2. The van der Waals surface area contributed by atoms with E-state index in [0.29, 0.717) is 30.8 Å². The van der Waals surface area contributed by atoms with E-state index in [-0.39, 0.29) is 23.3 Å². The van der Waals surface area contributed by atoms with E-state index in [1.165, 1.54) is 12.0 Å². The molecule has 4 nitrogen and oxygen atoms in total. The summed E-state index contributed by atoms with van der Waals surface area (Å²) in [6.45, 7) is 8.98. The van der Waals surface area contributed by atoms with Crippen LogP contribution >= 0.6 is 11.6 Å². The van der Waals surface area contributed by atoms with Crippen molar-refractivity contribution in [3.63, 3.8) is 0 Å². The van der Waals surface area contributed by atoms with Gasteiger partial charge in [0.1, 0.15) is 6.04 Å². The predicted molar refractivity (Wildman–Crippen MR) is 145 cm³/mol. The van der Waals surface area contributed by atoms with Crippen LogP contribution in [-0.4, -0.2) is 28.8 Å². The highest BCUT2D eigenvalue weighted by Gasteiger charge is 2.30. The molecular formula is C30H41ClN2O2. The second-order valence-corrected chi connectivity index (χ2v) is 11.3. The van der Waals surface area contributed by atoms with Crippen LogP contribution in [0.15, 0.2) is 48.5 Å². The summed E-state index contributed by atoms with van der Waals surface area (Å²) in [5.41, 5.74) is 3.49. The van der Waals surface area contributed by atoms with Gasteiger partial charge in [-0.15, -0.1) is 0 Å². The van der Waals surface area contributed by atoms with E-state index in [0.717, 1.165) is 36.8 Å². The molecule has 0 aliphatic heterocycles. The quantitative estimate of drug-likeness (QED) is 0.413. The molecular weight excluding hydrogens is 456 g/mol. The summed E-state index contributed by atoms with van der Waals surface area (Å²) < 4.78 is 0. The highest BCUT2D eigenvalue weighted by molar-refractivity contribution is 6.30. The number of hydrogen-bond donors (Lipinski definition) is 1. The smallest absolute Gasteiger partial charge is 0.243 e. The first-order valence-electron chi connectivity index (χ1n) is 13.1. The van der Waals surface area contributed by atoms with E-state index in [9.17, 15) is 9.59 Å². The molecule has 0 spiro atoms. The molecule has 0 saturated heterocycles. The van der Waals surface area contributed by atoms with E-state index in [4.69, 9.17) is 11.6 Å². The SMILES string of the molecule is CCC(C(=O)NC1CCCCC1)N(Cc1ccc(Cl)cc1)C(=O)CCc1ccc(C(C)(C)C)cc1. The van der Waals surface area contributed by atoms with Gasteiger partial charge >= 0.3 is 0 Å². The van der Waals surface area contributed by atoms with Crippen molar-refractivity contribution in [2.75, 3.05) is 0 Å². The minimum atomic E-state index is -0.483.